The van der Waals surface area contributed by atoms with E-state index in [1.54, 1.807) is 19.0 Å². The molecule has 0 radical (unpaired) electrons. The number of fused-ring (bicyclic) bond motifs is 1. The first-order valence-corrected chi connectivity index (χ1v) is 16.9. The molecule has 48 heavy (non-hydrogen) atoms. The Hall–Kier alpha value is -4.19. The minimum atomic E-state index is -0.833. The predicted octanol–water partition coefficient (Wildman–Crippen LogP) is 6.58. The van der Waals surface area contributed by atoms with Gasteiger partial charge in [0.05, 0.1) is 21.3 Å². The van der Waals surface area contributed by atoms with E-state index in [0.29, 0.717) is 19.5 Å². The third-order valence-electron chi connectivity index (χ3n) is 9.57. The lowest BCUT2D eigenvalue weighted by Crippen LogP contribution is -2.40. The van der Waals surface area contributed by atoms with Crippen LogP contribution in [0.1, 0.15) is 26.2 Å². The van der Waals surface area contributed by atoms with Gasteiger partial charge in [-0.25, -0.2) is 18.4 Å². The largest absolute Gasteiger partial charge is 0.487 e. The number of nitrogen functional groups attached to an aromatic ring is 1. The fourth-order valence-electron chi connectivity index (χ4n) is 7.12. The summed E-state index contributed by atoms with van der Waals surface area (Å²) in [4.78, 5) is 30.9. The van der Waals surface area contributed by atoms with Gasteiger partial charge in [-0.2, -0.15) is 9.97 Å². The van der Waals surface area contributed by atoms with Crippen LogP contribution in [0.4, 0.5) is 24.3 Å². The first-order valence-electron chi connectivity index (χ1n) is 15.7. The van der Waals surface area contributed by atoms with Crippen molar-refractivity contribution in [2.45, 2.75) is 44.4 Å². The van der Waals surface area contributed by atoms with Gasteiger partial charge >= 0.3 is 12.0 Å². The maximum absolute atomic E-state index is 17.0. The van der Waals surface area contributed by atoms with Crippen molar-refractivity contribution in [2.75, 3.05) is 53.1 Å². The van der Waals surface area contributed by atoms with Crippen molar-refractivity contribution in [1.82, 2.24) is 24.7 Å². The molecule has 2 aromatic heterocycles. The van der Waals surface area contributed by atoms with Gasteiger partial charge in [-0.15, -0.1) is 11.3 Å². The summed E-state index contributed by atoms with van der Waals surface area (Å²) < 4.78 is 51.2. The number of urea groups is 1. The highest BCUT2D eigenvalue weighted by molar-refractivity contribution is 7.23. The highest BCUT2D eigenvalue weighted by Gasteiger charge is 2.39. The Morgan fingerprint density at radius 2 is 2.04 bits per heavy atom. The van der Waals surface area contributed by atoms with Crippen molar-refractivity contribution in [2.24, 2.45) is 5.92 Å². The molecule has 2 unspecified atom stereocenters. The van der Waals surface area contributed by atoms with Crippen LogP contribution in [0.3, 0.4) is 0 Å². The van der Waals surface area contributed by atoms with Crippen LogP contribution in [0.5, 0.6) is 17.6 Å². The number of nitrogens with two attached hydrogens (primary N) is 1. The van der Waals surface area contributed by atoms with Crippen LogP contribution in [0.15, 0.2) is 12.1 Å². The summed E-state index contributed by atoms with van der Waals surface area (Å²) >= 11 is 7.92. The molecule has 2 amide bonds. The summed E-state index contributed by atoms with van der Waals surface area (Å²) in [5.41, 5.74) is 6.01. The van der Waals surface area contributed by atoms with Crippen LogP contribution < -0.4 is 19.9 Å². The first-order chi connectivity index (χ1) is 23.0. The van der Waals surface area contributed by atoms with Crippen LogP contribution in [0, 0.1) is 24.1 Å². The fourth-order valence-corrected chi connectivity index (χ4v) is 8.39. The number of anilines is 1. The molecule has 0 aliphatic carbocycles. The number of ether oxygens (including phenoxy) is 3. The smallest absolute Gasteiger partial charge is 0.320 e. The SMILES string of the molecule is [C-]#[N+]c1c(N)sc2c(F)ccc(-c3c(Cl)c4c5c(nc(O[C@@H](C)[C@@H]6CCCN6C)nc5c3F)OC(C3CCN(C(=O)N(C)C)C3)CO4)c12. The molecular weight excluding hydrogens is 664 g/mol. The number of likely N-dealkylation sites (tertiary alicyclic amines) is 2. The van der Waals surface area contributed by atoms with Gasteiger partial charge < -0.3 is 29.7 Å². The van der Waals surface area contributed by atoms with E-state index in [0.717, 1.165) is 30.7 Å². The molecule has 0 bridgehead atoms. The monoisotopic (exact) mass is 697 g/mol. The third kappa shape index (κ3) is 5.28. The lowest BCUT2D eigenvalue weighted by molar-refractivity contribution is 0.0818. The van der Waals surface area contributed by atoms with Gasteiger partial charge in [0.2, 0.25) is 11.6 Å². The number of carbonyl (C=O) groups excluding carboxylic acids is 1. The molecule has 4 aromatic rings. The summed E-state index contributed by atoms with van der Waals surface area (Å²) in [7, 11) is 5.44. The van der Waals surface area contributed by atoms with Gasteiger partial charge in [0.1, 0.15) is 35.5 Å². The predicted molar refractivity (Wildman–Crippen MR) is 180 cm³/mol. The lowest BCUT2D eigenvalue weighted by Gasteiger charge is -2.26. The zero-order valence-corrected chi connectivity index (χ0v) is 28.4. The first kappa shape index (κ1) is 32.4. The molecule has 2 aromatic carbocycles. The number of amides is 2. The maximum Gasteiger partial charge on any atom is 0.320 e. The van der Waals surface area contributed by atoms with Crippen LogP contribution in [-0.4, -0.2) is 96.3 Å². The van der Waals surface area contributed by atoms with Gasteiger partial charge in [-0.3, -0.25) is 4.90 Å². The van der Waals surface area contributed by atoms with Gasteiger partial charge in [-0.1, -0.05) is 17.7 Å². The summed E-state index contributed by atoms with van der Waals surface area (Å²) in [5, 5.41) is 0.296. The topological polar surface area (TPSA) is 111 Å². The van der Waals surface area contributed by atoms with Crippen LogP contribution in [0.25, 0.3) is 37.0 Å². The minimum Gasteiger partial charge on any atom is -0.487 e. The number of benzene rings is 2. The molecule has 3 aliphatic rings. The minimum absolute atomic E-state index is 0.00946. The van der Waals surface area contributed by atoms with Gasteiger partial charge in [0.15, 0.2) is 11.6 Å². The molecule has 0 spiro atoms. The quantitative estimate of drug-likeness (QED) is 0.233. The Bertz CT molecular complexity index is 2000. The Morgan fingerprint density at radius 3 is 2.75 bits per heavy atom. The maximum atomic E-state index is 17.0. The number of nitrogens with zero attached hydrogens (tertiary/aromatic N) is 6. The van der Waals surface area contributed by atoms with E-state index < -0.39 is 17.7 Å². The molecule has 0 saturated carbocycles. The van der Waals surface area contributed by atoms with Crippen molar-refractivity contribution < 1.29 is 27.8 Å². The lowest BCUT2D eigenvalue weighted by atomic mass is 9.98. The molecule has 5 heterocycles. The number of hydrogen-bond acceptors (Lipinski definition) is 9. The third-order valence-corrected chi connectivity index (χ3v) is 10.9. The Kier molecular flexibility index (Phi) is 8.33. The standard InChI is InChI=1S/C33H34ClF2N7O4S/c1-15(19-7-6-11-42(19)5)46-32-39-26-23-28(45-14-20(47-31(23)40-32)16-10-12-43(13-16)33(44)41(3)4)24(34)21(25(26)36)17-8-9-18(35)29-22(17)27(38-2)30(37)48-29/h8-9,15-16,19-20H,6-7,10-14,37H2,1,3-5H3/t15-,16?,19-,20?/m0/s1. The molecule has 2 saturated heterocycles. The number of likely N-dealkylation sites (N-methyl/N-ethyl adjacent to an activating group) is 1. The van der Waals surface area contributed by atoms with Crippen LogP contribution in [0.2, 0.25) is 5.02 Å². The molecule has 252 valence electrons. The van der Waals surface area contributed by atoms with Crippen molar-refractivity contribution in [3.8, 4) is 28.8 Å². The van der Waals surface area contributed by atoms with Gasteiger partial charge in [0, 0.05) is 50.1 Å². The van der Waals surface area contributed by atoms with E-state index in [9.17, 15) is 9.18 Å². The van der Waals surface area contributed by atoms with E-state index in [2.05, 4.69) is 19.7 Å². The zero-order valence-electron chi connectivity index (χ0n) is 26.8. The van der Waals surface area contributed by atoms with Crippen molar-refractivity contribution in [1.29, 1.82) is 0 Å². The number of hydrogen-bond donors (Lipinski definition) is 1. The zero-order chi connectivity index (χ0) is 34.0. The second kappa shape index (κ2) is 12.4. The molecule has 2 fully saturated rings. The Labute approximate surface area is 284 Å². The van der Waals surface area contributed by atoms with E-state index in [4.69, 9.17) is 38.1 Å². The van der Waals surface area contributed by atoms with Crippen molar-refractivity contribution in [3.63, 3.8) is 0 Å². The number of halogens is 3. The number of carbonyl (C=O) groups is 1. The Morgan fingerprint density at radius 1 is 1.25 bits per heavy atom. The second-order valence-electron chi connectivity index (χ2n) is 12.7. The summed E-state index contributed by atoms with van der Waals surface area (Å²) in [6.07, 6.45) is 1.74. The molecular formula is C33H34ClF2N7O4S. The van der Waals surface area contributed by atoms with E-state index in [1.165, 1.54) is 17.0 Å². The molecule has 11 nitrogen and oxygen atoms in total. The summed E-state index contributed by atoms with van der Waals surface area (Å²) in [6.45, 7) is 11.6. The van der Waals surface area contributed by atoms with Gasteiger partial charge in [-0.05, 0) is 51.4 Å². The average Bonchev–Trinajstić information content (AvgIpc) is 3.76. The van der Waals surface area contributed by atoms with E-state index >= 15 is 4.39 Å². The van der Waals surface area contributed by atoms with Crippen LogP contribution >= 0.6 is 22.9 Å². The van der Waals surface area contributed by atoms with Crippen molar-refractivity contribution in [3.05, 3.63) is 40.2 Å². The highest BCUT2D eigenvalue weighted by Crippen LogP contribution is 2.52. The molecule has 7 rings (SSSR count). The van der Waals surface area contributed by atoms with E-state index in [-0.39, 0.29) is 96.2 Å². The average molecular weight is 698 g/mol. The summed E-state index contributed by atoms with van der Waals surface area (Å²) in [6, 6.07) is 2.51. The number of thiophene rings is 1. The molecule has 3 aliphatic heterocycles. The summed E-state index contributed by atoms with van der Waals surface area (Å²) in [5.74, 6) is -1.39. The molecule has 4 atom stereocenters. The fraction of sp³-hybridized carbons (Fsp3) is 0.455. The van der Waals surface area contributed by atoms with E-state index in [1.807, 2.05) is 14.0 Å². The van der Waals surface area contributed by atoms with Crippen LogP contribution in [-0.2, 0) is 0 Å². The number of aromatic nitrogens is 2. The second-order valence-corrected chi connectivity index (χ2v) is 14.2. The molecule has 2 N–H and O–H groups in total. The van der Waals surface area contributed by atoms with Crippen molar-refractivity contribution >= 4 is 60.6 Å². The molecule has 15 heteroatoms. The Balaban J connectivity index is 1.38. The normalized spacial score (nSPS) is 21.5. The highest BCUT2D eigenvalue weighted by atomic mass is 35.5. The van der Waals surface area contributed by atoms with Gasteiger partial charge in [0.25, 0.3) is 0 Å². The number of rotatable bonds is 5.